The largest absolute Gasteiger partial charge is 0.465 e. The van der Waals surface area contributed by atoms with Crippen LogP contribution in [0.5, 0.6) is 0 Å². The second-order valence-corrected chi connectivity index (χ2v) is 4.82. The quantitative estimate of drug-likeness (QED) is 0.715. The second kappa shape index (κ2) is 7.67. The molecule has 0 spiro atoms. The fraction of sp³-hybridized carbons (Fsp3) is 0.923. The maximum atomic E-state index is 11.7. The van der Waals surface area contributed by atoms with Crippen molar-refractivity contribution in [3.05, 3.63) is 0 Å². The van der Waals surface area contributed by atoms with Crippen LogP contribution in [0.1, 0.15) is 39.0 Å². The Kier molecular flexibility index (Phi) is 6.52. The van der Waals surface area contributed by atoms with E-state index in [9.17, 15) is 4.79 Å². The van der Waals surface area contributed by atoms with Gasteiger partial charge in [0, 0.05) is 12.6 Å². The number of carbonyl (C=O) groups is 1. The molecule has 1 fully saturated rings. The first-order valence-corrected chi connectivity index (χ1v) is 6.73. The van der Waals surface area contributed by atoms with Gasteiger partial charge in [0.25, 0.3) is 0 Å². The van der Waals surface area contributed by atoms with Crippen LogP contribution in [0.2, 0.25) is 0 Å². The van der Waals surface area contributed by atoms with Gasteiger partial charge >= 0.3 is 5.97 Å². The number of esters is 1. The number of hydrogen-bond donors (Lipinski definition) is 1. The predicted molar refractivity (Wildman–Crippen MR) is 69.0 cm³/mol. The van der Waals surface area contributed by atoms with Gasteiger partial charge < -0.3 is 15.0 Å². The number of ether oxygens (including phenoxy) is 1. The molecule has 1 aliphatic carbocycles. The minimum absolute atomic E-state index is 0.141. The average molecular weight is 242 g/mol. The first-order chi connectivity index (χ1) is 8.19. The molecule has 1 saturated carbocycles. The molecule has 0 aliphatic heterocycles. The van der Waals surface area contributed by atoms with E-state index in [4.69, 9.17) is 4.74 Å². The van der Waals surface area contributed by atoms with Crippen molar-refractivity contribution in [3.8, 4) is 0 Å². The van der Waals surface area contributed by atoms with E-state index >= 15 is 0 Å². The third-order valence-corrected chi connectivity index (χ3v) is 3.59. The number of rotatable bonds is 6. The number of nitrogens with zero attached hydrogens (tertiary/aromatic N) is 1. The SMILES string of the molecule is CCOC(=O)C(CN(C)C1CCCCC1)NC. The van der Waals surface area contributed by atoms with E-state index in [0.717, 1.165) is 6.54 Å². The van der Waals surface area contributed by atoms with Crippen molar-refractivity contribution in [2.75, 3.05) is 27.2 Å². The van der Waals surface area contributed by atoms with E-state index < -0.39 is 0 Å². The van der Waals surface area contributed by atoms with Gasteiger partial charge in [-0.1, -0.05) is 19.3 Å². The molecule has 0 aromatic rings. The minimum Gasteiger partial charge on any atom is -0.465 e. The maximum Gasteiger partial charge on any atom is 0.324 e. The number of likely N-dealkylation sites (N-methyl/N-ethyl adjacent to an activating group) is 2. The van der Waals surface area contributed by atoms with Gasteiger partial charge in [-0.2, -0.15) is 0 Å². The highest BCUT2D eigenvalue weighted by Gasteiger charge is 2.24. The molecule has 0 bridgehead atoms. The molecule has 17 heavy (non-hydrogen) atoms. The molecule has 1 N–H and O–H groups in total. The van der Waals surface area contributed by atoms with Gasteiger partial charge in [0.1, 0.15) is 6.04 Å². The molecule has 1 aliphatic rings. The summed E-state index contributed by atoms with van der Waals surface area (Å²) in [6, 6.07) is 0.427. The third-order valence-electron chi connectivity index (χ3n) is 3.59. The topological polar surface area (TPSA) is 41.6 Å². The first-order valence-electron chi connectivity index (χ1n) is 6.73. The fourth-order valence-electron chi connectivity index (χ4n) is 2.49. The van der Waals surface area contributed by atoms with Crippen LogP contribution in [0.3, 0.4) is 0 Å². The summed E-state index contributed by atoms with van der Waals surface area (Å²) >= 11 is 0. The Labute approximate surface area is 105 Å². The normalized spacial score (nSPS) is 19.3. The van der Waals surface area contributed by atoms with E-state index in [1.807, 2.05) is 14.0 Å². The van der Waals surface area contributed by atoms with Crippen molar-refractivity contribution in [2.45, 2.75) is 51.1 Å². The lowest BCUT2D eigenvalue weighted by molar-refractivity contribution is -0.146. The molecule has 0 aromatic heterocycles. The van der Waals surface area contributed by atoms with Crippen molar-refractivity contribution >= 4 is 5.97 Å². The summed E-state index contributed by atoms with van der Waals surface area (Å²) in [6.45, 7) is 3.03. The lowest BCUT2D eigenvalue weighted by Gasteiger charge is -2.33. The lowest BCUT2D eigenvalue weighted by Crippen LogP contribution is -2.47. The summed E-state index contributed by atoms with van der Waals surface area (Å²) in [6.07, 6.45) is 6.51. The molecule has 4 nitrogen and oxygen atoms in total. The van der Waals surface area contributed by atoms with Gasteiger partial charge in [0.15, 0.2) is 0 Å². The zero-order valence-electron chi connectivity index (χ0n) is 11.4. The van der Waals surface area contributed by atoms with E-state index in [1.165, 1.54) is 32.1 Å². The monoisotopic (exact) mass is 242 g/mol. The fourth-order valence-corrected chi connectivity index (χ4v) is 2.49. The zero-order valence-corrected chi connectivity index (χ0v) is 11.4. The van der Waals surface area contributed by atoms with Crippen molar-refractivity contribution in [1.29, 1.82) is 0 Å². The molecule has 1 rings (SSSR count). The molecular formula is C13H26N2O2. The average Bonchev–Trinajstić information content (AvgIpc) is 2.37. The standard InChI is InChI=1S/C13H26N2O2/c1-4-17-13(16)12(14-2)10-15(3)11-8-6-5-7-9-11/h11-12,14H,4-10H2,1-3H3. The lowest BCUT2D eigenvalue weighted by atomic mass is 9.94. The highest BCUT2D eigenvalue weighted by Crippen LogP contribution is 2.21. The molecule has 1 atom stereocenters. The van der Waals surface area contributed by atoms with Crippen LogP contribution in [0.4, 0.5) is 0 Å². The van der Waals surface area contributed by atoms with Crippen LogP contribution in [0.15, 0.2) is 0 Å². The Hall–Kier alpha value is -0.610. The van der Waals surface area contributed by atoms with E-state index in [-0.39, 0.29) is 12.0 Å². The molecule has 0 radical (unpaired) electrons. The minimum atomic E-state index is -0.207. The summed E-state index contributed by atoms with van der Waals surface area (Å²) in [5.41, 5.74) is 0. The van der Waals surface area contributed by atoms with Crippen LogP contribution in [-0.4, -0.2) is 50.2 Å². The van der Waals surface area contributed by atoms with Crippen LogP contribution in [-0.2, 0) is 9.53 Å². The highest BCUT2D eigenvalue weighted by molar-refractivity contribution is 5.76. The maximum absolute atomic E-state index is 11.7. The van der Waals surface area contributed by atoms with E-state index in [0.29, 0.717) is 12.6 Å². The summed E-state index contributed by atoms with van der Waals surface area (Å²) in [5, 5.41) is 3.04. The number of hydrogen-bond acceptors (Lipinski definition) is 4. The van der Waals surface area contributed by atoms with E-state index in [1.54, 1.807) is 0 Å². The summed E-state index contributed by atoms with van der Waals surface area (Å²) in [7, 11) is 3.93. The summed E-state index contributed by atoms with van der Waals surface area (Å²) < 4.78 is 5.06. The molecule has 0 amide bonds. The zero-order chi connectivity index (χ0) is 12.7. The Morgan fingerprint density at radius 2 is 2.06 bits per heavy atom. The van der Waals surface area contributed by atoms with Crippen molar-refractivity contribution < 1.29 is 9.53 Å². The molecule has 0 aromatic carbocycles. The molecule has 1 unspecified atom stereocenters. The van der Waals surface area contributed by atoms with E-state index in [2.05, 4.69) is 17.3 Å². The number of nitrogens with one attached hydrogen (secondary N) is 1. The van der Waals surface area contributed by atoms with Crippen LogP contribution in [0, 0.1) is 0 Å². The Morgan fingerprint density at radius 1 is 1.41 bits per heavy atom. The Morgan fingerprint density at radius 3 is 2.59 bits per heavy atom. The van der Waals surface area contributed by atoms with Gasteiger partial charge in [-0.25, -0.2) is 0 Å². The summed E-state index contributed by atoms with van der Waals surface area (Å²) in [4.78, 5) is 14.0. The second-order valence-electron chi connectivity index (χ2n) is 4.82. The summed E-state index contributed by atoms with van der Waals surface area (Å²) in [5.74, 6) is -0.141. The van der Waals surface area contributed by atoms with Crippen molar-refractivity contribution in [1.82, 2.24) is 10.2 Å². The Balaban J connectivity index is 2.40. The first kappa shape index (κ1) is 14.5. The van der Waals surface area contributed by atoms with Crippen molar-refractivity contribution in [2.24, 2.45) is 0 Å². The smallest absolute Gasteiger partial charge is 0.324 e. The third kappa shape index (κ3) is 4.64. The predicted octanol–water partition coefficient (Wildman–Crippen LogP) is 1.40. The van der Waals surface area contributed by atoms with Crippen molar-refractivity contribution in [3.63, 3.8) is 0 Å². The van der Waals surface area contributed by atoms with Crippen LogP contribution >= 0.6 is 0 Å². The molecule has 0 heterocycles. The van der Waals surface area contributed by atoms with Gasteiger partial charge in [-0.3, -0.25) is 4.79 Å². The molecular weight excluding hydrogens is 216 g/mol. The number of carbonyl (C=O) groups excluding carboxylic acids is 1. The van der Waals surface area contributed by atoms with Crippen LogP contribution in [0.25, 0.3) is 0 Å². The van der Waals surface area contributed by atoms with Gasteiger partial charge in [-0.15, -0.1) is 0 Å². The van der Waals surface area contributed by atoms with Crippen LogP contribution < -0.4 is 5.32 Å². The van der Waals surface area contributed by atoms with Gasteiger partial charge in [0.05, 0.1) is 6.61 Å². The van der Waals surface area contributed by atoms with Gasteiger partial charge in [0.2, 0.25) is 0 Å². The molecule has 100 valence electrons. The molecule has 4 heteroatoms. The molecule has 0 saturated heterocycles. The Bertz CT molecular complexity index is 227. The van der Waals surface area contributed by atoms with Gasteiger partial charge in [-0.05, 0) is 33.9 Å². The highest BCUT2D eigenvalue weighted by atomic mass is 16.5.